The van der Waals surface area contributed by atoms with Gasteiger partial charge in [-0.15, -0.1) is 0 Å². The van der Waals surface area contributed by atoms with Crippen LogP contribution in [0.2, 0.25) is 0 Å². The van der Waals surface area contributed by atoms with Gasteiger partial charge in [0.05, 0.1) is 12.0 Å². The molecule has 0 unspecified atom stereocenters. The van der Waals surface area contributed by atoms with E-state index in [9.17, 15) is 14.0 Å². The third kappa shape index (κ3) is 4.43. The zero-order chi connectivity index (χ0) is 20.3. The van der Waals surface area contributed by atoms with Gasteiger partial charge in [-0.2, -0.15) is 0 Å². The molecule has 0 atom stereocenters. The lowest BCUT2D eigenvalue weighted by Crippen LogP contribution is -2.46. The number of aromatic nitrogens is 4. The number of benzene rings is 1. The molecule has 7 heteroatoms. The summed E-state index contributed by atoms with van der Waals surface area (Å²) in [6, 6.07) is 6.04. The molecule has 28 heavy (non-hydrogen) atoms. The summed E-state index contributed by atoms with van der Waals surface area (Å²) in [5, 5.41) is 0.224. The lowest BCUT2D eigenvalue weighted by atomic mass is 9.90. The molecule has 1 aromatic carbocycles. The summed E-state index contributed by atoms with van der Waals surface area (Å²) < 4.78 is 13.2. The van der Waals surface area contributed by atoms with Gasteiger partial charge in [-0.3, -0.25) is 9.59 Å². The van der Waals surface area contributed by atoms with Crippen molar-refractivity contribution in [3.63, 3.8) is 0 Å². The molecule has 3 aromatic rings. The molecule has 2 heterocycles. The highest BCUT2D eigenvalue weighted by molar-refractivity contribution is 5.57. The minimum absolute atomic E-state index is 0.105. The molecule has 0 aliphatic carbocycles. The molecule has 0 saturated carbocycles. The van der Waals surface area contributed by atoms with E-state index in [1.165, 1.54) is 18.2 Å². The summed E-state index contributed by atoms with van der Waals surface area (Å²) in [5.41, 5.74) is 1.03. The highest BCUT2D eigenvalue weighted by Crippen LogP contribution is 2.22. The number of H-pyrrole nitrogens is 3. The van der Waals surface area contributed by atoms with Crippen molar-refractivity contribution in [2.75, 3.05) is 0 Å². The quantitative estimate of drug-likeness (QED) is 0.643. The monoisotopic (exact) mass is 380 g/mol. The van der Waals surface area contributed by atoms with E-state index in [-0.39, 0.29) is 21.9 Å². The number of aromatic amines is 3. The average Bonchev–Trinajstić information content (AvgIpc) is 3.08. The summed E-state index contributed by atoms with van der Waals surface area (Å²) >= 11 is 0. The fourth-order valence-corrected chi connectivity index (χ4v) is 2.73. The molecule has 0 amide bonds. The zero-order valence-electron chi connectivity index (χ0n) is 15.8. The minimum atomic E-state index is -0.442. The van der Waals surface area contributed by atoms with Crippen LogP contribution < -0.4 is 21.8 Å². The number of nitrogens with one attached hydrogen (secondary N) is 3. The number of nitrogens with zero attached hydrogens (tertiary/aromatic N) is 1. The van der Waals surface area contributed by atoms with Crippen molar-refractivity contribution >= 4 is 18.2 Å². The Kier molecular flexibility index (Phi) is 5.26. The van der Waals surface area contributed by atoms with Gasteiger partial charge in [-0.25, -0.2) is 9.37 Å². The predicted octanol–water partition coefficient (Wildman–Crippen LogP) is 1.55. The first-order valence-electron chi connectivity index (χ1n) is 8.76. The standard InChI is InChI=1S/C21H21FN4O2/c1-21(2,3)18-16(23-12-24-18)11-17-20(28)25-15(19(27)26-17)9-5-7-13-6-4-8-14(22)10-13/h4-12H,1-3H3,(H,23,24)(H,25,28)(H,26,27)/b7-5+,15-9-,17-11-. The van der Waals surface area contributed by atoms with E-state index in [1.807, 2.05) is 20.8 Å². The molecule has 0 aliphatic rings. The van der Waals surface area contributed by atoms with Gasteiger partial charge in [-0.1, -0.05) is 45.1 Å². The lowest BCUT2D eigenvalue weighted by Gasteiger charge is -2.16. The Morgan fingerprint density at radius 1 is 1.07 bits per heavy atom. The fraction of sp³-hybridized carbons (Fsp3) is 0.190. The average molecular weight is 380 g/mol. The summed E-state index contributed by atoms with van der Waals surface area (Å²) in [4.78, 5) is 37.1. The van der Waals surface area contributed by atoms with Gasteiger partial charge in [0.25, 0.3) is 11.1 Å². The van der Waals surface area contributed by atoms with Crippen molar-refractivity contribution in [2.45, 2.75) is 26.2 Å². The molecule has 3 rings (SSSR count). The van der Waals surface area contributed by atoms with Crippen molar-refractivity contribution in [3.8, 4) is 0 Å². The smallest absolute Gasteiger partial charge is 0.272 e. The molecule has 0 radical (unpaired) electrons. The third-order valence-electron chi connectivity index (χ3n) is 4.09. The van der Waals surface area contributed by atoms with Crippen LogP contribution in [0.1, 0.15) is 37.7 Å². The SMILES string of the molecule is CC(C)(C)c1[nH]cnc1/C=c1\[nH]c(=O)/c(=C/C=C/c2cccc(F)c2)[nH]c1=O. The van der Waals surface area contributed by atoms with Crippen LogP contribution in [0.15, 0.2) is 46.3 Å². The van der Waals surface area contributed by atoms with Crippen molar-refractivity contribution in [2.24, 2.45) is 0 Å². The van der Waals surface area contributed by atoms with Gasteiger partial charge >= 0.3 is 0 Å². The Hall–Kier alpha value is -3.48. The summed E-state index contributed by atoms with van der Waals surface area (Å²) in [6.07, 6.45) is 7.77. The van der Waals surface area contributed by atoms with Crippen molar-refractivity contribution in [3.05, 3.63) is 90.8 Å². The molecular weight excluding hydrogens is 359 g/mol. The first kappa shape index (κ1) is 19.3. The molecule has 144 valence electrons. The second-order valence-corrected chi connectivity index (χ2v) is 7.37. The van der Waals surface area contributed by atoms with E-state index in [4.69, 9.17) is 0 Å². The first-order valence-corrected chi connectivity index (χ1v) is 8.76. The summed E-state index contributed by atoms with van der Waals surface area (Å²) in [7, 11) is 0. The van der Waals surface area contributed by atoms with E-state index >= 15 is 0 Å². The van der Waals surface area contributed by atoms with E-state index in [1.54, 1.807) is 36.7 Å². The topological polar surface area (TPSA) is 94.4 Å². The molecule has 0 bridgehead atoms. The lowest BCUT2D eigenvalue weighted by molar-refractivity contribution is 0.571. The second kappa shape index (κ2) is 7.64. The molecule has 0 spiro atoms. The number of imidazole rings is 1. The van der Waals surface area contributed by atoms with Crippen LogP contribution in [0, 0.1) is 5.82 Å². The van der Waals surface area contributed by atoms with E-state index in [0.29, 0.717) is 11.3 Å². The molecule has 0 aliphatic heterocycles. The highest BCUT2D eigenvalue weighted by atomic mass is 19.1. The molecule has 2 aromatic heterocycles. The second-order valence-electron chi connectivity index (χ2n) is 7.37. The molecule has 6 nitrogen and oxygen atoms in total. The Bertz CT molecular complexity index is 1260. The summed E-state index contributed by atoms with van der Waals surface area (Å²) in [6.45, 7) is 6.06. The Morgan fingerprint density at radius 3 is 2.50 bits per heavy atom. The molecule has 0 fully saturated rings. The molecular formula is C21H21FN4O2. The predicted molar refractivity (Wildman–Crippen MR) is 108 cm³/mol. The number of allylic oxidation sites excluding steroid dienone is 1. The van der Waals surface area contributed by atoms with Gasteiger partial charge in [0.15, 0.2) is 0 Å². The van der Waals surface area contributed by atoms with Crippen molar-refractivity contribution in [1.82, 2.24) is 19.9 Å². The third-order valence-corrected chi connectivity index (χ3v) is 4.09. The number of hydrogen-bond acceptors (Lipinski definition) is 3. The van der Waals surface area contributed by atoms with Crippen LogP contribution in [0.3, 0.4) is 0 Å². The van der Waals surface area contributed by atoms with Crippen LogP contribution >= 0.6 is 0 Å². The van der Waals surface area contributed by atoms with E-state index in [2.05, 4.69) is 19.9 Å². The Labute approximate surface area is 160 Å². The largest absolute Gasteiger partial charge is 0.348 e. The van der Waals surface area contributed by atoms with Crippen LogP contribution in [-0.2, 0) is 5.41 Å². The van der Waals surface area contributed by atoms with E-state index < -0.39 is 11.1 Å². The Morgan fingerprint density at radius 2 is 1.79 bits per heavy atom. The van der Waals surface area contributed by atoms with Crippen molar-refractivity contribution in [1.29, 1.82) is 0 Å². The minimum Gasteiger partial charge on any atom is -0.348 e. The number of hydrogen-bond donors (Lipinski definition) is 3. The Balaban J connectivity index is 1.99. The van der Waals surface area contributed by atoms with Gasteiger partial charge < -0.3 is 15.0 Å². The van der Waals surface area contributed by atoms with Gasteiger partial charge in [0, 0.05) is 11.1 Å². The highest BCUT2D eigenvalue weighted by Gasteiger charge is 2.19. The van der Waals surface area contributed by atoms with Crippen LogP contribution in [0.5, 0.6) is 0 Å². The summed E-state index contributed by atoms with van der Waals surface area (Å²) in [5.74, 6) is -0.346. The van der Waals surface area contributed by atoms with Crippen molar-refractivity contribution < 1.29 is 4.39 Å². The number of halogens is 1. The van der Waals surface area contributed by atoms with Gasteiger partial charge in [0.1, 0.15) is 16.5 Å². The molecule has 0 saturated heterocycles. The van der Waals surface area contributed by atoms with Gasteiger partial charge in [0.2, 0.25) is 0 Å². The molecule has 3 N–H and O–H groups in total. The maximum absolute atomic E-state index is 13.2. The van der Waals surface area contributed by atoms with Crippen LogP contribution in [-0.4, -0.2) is 19.9 Å². The van der Waals surface area contributed by atoms with Gasteiger partial charge in [-0.05, 0) is 29.8 Å². The normalized spacial score (nSPS) is 13.6. The number of rotatable bonds is 3. The maximum Gasteiger partial charge on any atom is 0.272 e. The fourth-order valence-electron chi connectivity index (χ4n) is 2.73. The zero-order valence-corrected chi connectivity index (χ0v) is 15.8. The van der Waals surface area contributed by atoms with E-state index in [0.717, 1.165) is 5.69 Å². The van der Waals surface area contributed by atoms with Crippen LogP contribution in [0.25, 0.3) is 18.2 Å². The van der Waals surface area contributed by atoms with Crippen LogP contribution in [0.4, 0.5) is 4.39 Å². The first-order chi connectivity index (χ1) is 13.2. The maximum atomic E-state index is 13.2.